The van der Waals surface area contributed by atoms with E-state index < -0.39 is 0 Å². The zero-order chi connectivity index (χ0) is 19.9. The minimum absolute atomic E-state index is 0.103. The summed E-state index contributed by atoms with van der Waals surface area (Å²) in [4.78, 5) is 29.8. The molecule has 0 atom stereocenters. The van der Waals surface area contributed by atoms with Gasteiger partial charge < -0.3 is 10.1 Å². The van der Waals surface area contributed by atoms with E-state index in [1.54, 1.807) is 17.7 Å². The van der Waals surface area contributed by atoms with Gasteiger partial charge in [0.25, 0.3) is 5.56 Å². The summed E-state index contributed by atoms with van der Waals surface area (Å²) in [6.45, 7) is 3.35. The fraction of sp³-hybridized carbons (Fsp3) is 0.286. The van der Waals surface area contributed by atoms with Crippen molar-refractivity contribution in [3.05, 3.63) is 70.0 Å². The Bertz CT molecular complexity index is 1020. The van der Waals surface area contributed by atoms with Crippen LogP contribution in [0, 0.1) is 6.92 Å². The lowest BCUT2D eigenvalue weighted by Crippen LogP contribution is -2.29. The zero-order valence-corrected chi connectivity index (χ0v) is 16.8. The second-order valence-electron chi connectivity index (χ2n) is 6.42. The Morgan fingerprint density at radius 1 is 1.18 bits per heavy atom. The first kappa shape index (κ1) is 20.1. The molecule has 1 heterocycles. The van der Waals surface area contributed by atoms with Gasteiger partial charge in [-0.15, -0.1) is 0 Å². The third-order valence-corrected chi connectivity index (χ3v) is 5.23. The van der Waals surface area contributed by atoms with Gasteiger partial charge in [0.2, 0.25) is 5.91 Å². The average molecular weight is 398 g/mol. The fourth-order valence-corrected chi connectivity index (χ4v) is 3.58. The molecule has 0 fully saturated rings. The smallest absolute Gasteiger partial charge is 0.262 e. The Balaban J connectivity index is 1.89. The Hall–Kier alpha value is -2.64. The number of fused-ring (bicyclic) bond motifs is 1. The summed E-state index contributed by atoms with van der Waals surface area (Å²) < 4.78 is 6.57. The Morgan fingerprint density at radius 2 is 1.93 bits per heavy atom. The number of methoxy groups -OCH3 is 1. The second-order valence-corrected chi connectivity index (χ2v) is 7.36. The maximum Gasteiger partial charge on any atom is 0.262 e. The van der Waals surface area contributed by atoms with Crippen molar-refractivity contribution in [2.75, 3.05) is 26.0 Å². The molecule has 146 valence electrons. The van der Waals surface area contributed by atoms with E-state index in [1.807, 2.05) is 49.4 Å². The Morgan fingerprint density at radius 3 is 2.68 bits per heavy atom. The summed E-state index contributed by atoms with van der Waals surface area (Å²) in [5.74, 6) is 0.0638. The lowest BCUT2D eigenvalue weighted by molar-refractivity contribution is -0.118. The van der Waals surface area contributed by atoms with E-state index in [0.717, 1.165) is 11.1 Å². The van der Waals surface area contributed by atoms with Crippen molar-refractivity contribution in [3.8, 4) is 0 Å². The molecule has 7 heteroatoms. The van der Waals surface area contributed by atoms with E-state index in [0.29, 0.717) is 35.8 Å². The molecule has 6 nitrogen and oxygen atoms in total. The van der Waals surface area contributed by atoms with E-state index in [1.165, 1.54) is 11.8 Å². The van der Waals surface area contributed by atoms with Crippen LogP contribution in [0.5, 0.6) is 0 Å². The van der Waals surface area contributed by atoms with E-state index in [-0.39, 0.29) is 17.2 Å². The third-order valence-electron chi connectivity index (χ3n) is 4.25. The third kappa shape index (κ3) is 4.99. The number of rotatable bonds is 8. The van der Waals surface area contributed by atoms with Gasteiger partial charge in [0.05, 0.1) is 29.8 Å². The van der Waals surface area contributed by atoms with Gasteiger partial charge in [0.15, 0.2) is 5.16 Å². The number of hydrogen-bond acceptors (Lipinski definition) is 5. The lowest BCUT2D eigenvalue weighted by atomic mass is 10.1. The maximum absolute atomic E-state index is 13.1. The van der Waals surface area contributed by atoms with Crippen molar-refractivity contribution >= 4 is 28.6 Å². The molecule has 0 aliphatic rings. The monoisotopic (exact) mass is 397 g/mol. The average Bonchev–Trinajstić information content (AvgIpc) is 2.70. The summed E-state index contributed by atoms with van der Waals surface area (Å²) in [5.41, 5.74) is 2.70. The van der Waals surface area contributed by atoms with Gasteiger partial charge in [0.1, 0.15) is 0 Å². The molecule has 0 spiro atoms. The van der Waals surface area contributed by atoms with Crippen molar-refractivity contribution in [2.45, 2.75) is 18.6 Å². The molecule has 0 saturated carbocycles. The predicted molar refractivity (Wildman–Crippen MR) is 112 cm³/mol. The van der Waals surface area contributed by atoms with E-state index in [2.05, 4.69) is 10.3 Å². The van der Waals surface area contributed by atoms with Gasteiger partial charge >= 0.3 is 0 Å². The number of carbonyl (C=O) groups excluding carboxylic acids is 1. The molecule has 3 rings (SSSR count). The Kier molecular flexibility index (Phi) is 6.84. The van der Waals surface area contributed by atoms with Crippen LogP contribution in [-0.4, -0.2) is 41.5 Å². The molecular weight excluding hydrogens is 374 g/mol. The quantitative estimate of drug-likeness (QED) is 0.359. The van der Waals surface area contributed by atoms with E-state index in [4.69, 9.17) is 4.74 Å². The molecule has 2 aromatic carbocycles. The van der Waals surface area contributed by atoms with Crippen LogP contribution in [0.4, 0.5) is 0 Å². The van der Waals surface area contributed by atoms with Crippen LogP contribution in [0.1, 0.15) is 11.1 Å². The topological polar surface area (TPSA) is 73.2 Å². The summed E-state index contributed by atoms with van der Waals surface area (Å²) in [6, 6.07) is 15.3. The number of nitrogens with one attached hydrogen (secondary N) is 1. The molecule has 28 heavy (non-hydrogen) atoms. The number of aryl methyl sites for hydroxylation is 1. The number of hydrogen-bond donors (Lipinski definition) is 1. The summed E-state index contributed by atoms with van der Waals surface area (Å²) in [5, 5.41) is 3.89. The van der Waals surface area contributed by atoms with Gasteiger partial charge in [-0.2, -0.15) is 0 Å². The van der Waals surface area contributed by atoms with Crippen LogP contribution in [0.3, 0.4) is 0 Å². The highest BCUT2D eigenvalue weighted by molar-refractivity contribution is 7.99. The number of nitrogens with zero attached hydrogens (tertiary/aromatic N) is 2. The van der Waals surface area contributed by atoms with Gasteiger partial charge in [-0.05, 0) is 24.6 Å². The van der Waals surface area contributed by atoms with Gasteiger partial charge in [-0.1, -0.05) is 53.7 Å². The van der Waals surface area contributed by atoms with Crippen molar-refractivity contribution in [3.63, 3.8) is 0 Å². The largest absolute Gasteiger partial charge is 0.383 e. The molecule has 1 aromatic heterocycles. The molecular formula is C21H23N3O3S. The van der Waals surface area contributed by atoms with Crippen LogP contribution in [0.15, 0.2) is 58.5 Å². The minimum Gasteiger partial charge on any atom is -0.383 e. The summed E-state index contributed by atoms with van der Waals surface area (Å²) in [6.07, 6.45) is 0. The van der Waals surface area contributed by atoms with Crippen molar-refractivity contribution in [1.82, 2.24) is 14.9 Å². The molecule has 3 aromatic rings. The van der Waals surface area contributed by atoms with Gasteiger partial charge in [0, 0.05) is 13.7 Å². The molecule has 1 N–H and O–H groups in total. The normalized spacial score (nSPS) is 10.9. The van der Waals surface area contributed by atoms with Crippen LogP contribution >= 0.6 is 11.8 Å². The fourth-order valence-electron chi connectivity index (χ4n) is 2.75. The molecule has 0 radical (unpaired) electrons. The number of amides is 1. The highest BCUT2D eigenvalue weighted by Crippen LogP contribution is 2.19. The standard InChI is InChI=1S/C21H23N3O3S/c1-15-7-9-16(10-8-15)13-24-20(26)17-5-3-4-6-18(17)23-21(24)28-14-19(25)22-11-12-27-2/h3-10H,11-14H2,1-2H3,(H,22,25). The number of thioether (sulfide) groups is 1. The first-order chi connectivity index (χ1) is 13.6. The van der Waals surface area contributed by atoms with Crippen molar-refractivity contribution < 1.29 is 9.53 Å². The number of ether oxygens (including phenoxy) is 1. The van der Waals surface area contributed by atoms with Crippen LogP contribution in [-0.2, 0) is 16.1 Å². The first-order valence-electron chi connectivity index (χ1n) is 9.02. The molecule has 0 aliphatic heterocycles. The lowest BCUT2D eigenvalue weighted by Gasteiger charge is -2.13. The Labute approximate surface area is 167 Å². The number of benzene rings is 2. The summed E-state index contributed by atoms with van der Waals surface area (Å²) >= 11 is 1.26. The van der Waals surface area contributed by atoms with Crippen molar-refractivity contribution in [2.24, 2.45) is 0 Å². The molecule has 0 aliphatic carbocycles. The molecule has 0 unspecified atom stereocenters. The van der Waals surface area contributed by atoms with Crippen LogP contribution in [0.2, 0.25) is 0 Å². The van der Waals surface area contributed by atoms with Crippen molar-refractivity contribution in [1.29, 1.82) is 0 Å². The SMILES string of the molecule is COCCNC(=O)CSc1nc2ccccc2c(=O)n1Cc1ccc(C)cc1. The van der Waals surface area contributed by atoms with E-state index in [9.17, 15) is 9.59 Å². The highest BCUT2D eigenvalue weighted by atomic mass is 32.2. The maximum atomic E-state index is 13.1. The van der Waals surface area contributed by atoms with E-state index >= 15 is 0 Å². The molecule has 0 saturated heterocycles. The first-order valence-corrected chi connectivity index (χ1v) is 10.0. The minimum atomic E-state index is -0.119. The van der Waals surface area contributed by atoms with Crippen LogP contribution < -0.4 is 10.9 Å². The highest BCUT2D eigenvalue weighted by Gasteiger charge is 2.13. The number of carbonyl (C=O) groups is 1. The molecule has 0 bridgehead atoms. The zero-order valence-electron chi connectivity index (χ0n) is 16.0. The molecule has 1 amide bonds. The number of para-hydroxylation sites is 1. The number of aromatic nitrogens is 2. The second kappa shape index (κ2) is 9.52. The predicted octanol–water partition coefficient (Wildman–Crippen LogP) is 2.61. The van der Waals surface area contributed by atoms with Gasteiger partial charge in [-0.25, -0.2) is 4.98 Å². The van der Waals surface area contributed by atoms with Crippen LogP contribution in [0.25, 0.3) is 10.9 Å². The van der Waals surface area contributed by atoms with Gasteiger partial charge in [-0.3, -0.25) is 14.2 Å². The summed E-state index contributed by atoms with van der Waals surface area (Å²) in [7, 11) is 1.59.